The third-order valence-electron chi connectivity index (χ3n) is 5.06. The highest BCUT2D eigenvalue weighted by Crippen LogP contribution is 2.31. The topological polar surface area (TPSA) is 96.9 Å². The number of imide groups is 1. The first kappa shape index (κ1) is 22.3. The van der Waals surface area contributed by atoms with Gasteiger partial charge in [0, 0.05) is 12.3 Å². The van der Waals surface area contributed by atoms with E-state index in [1.807, 2.05) is 0 Å². The SMILES string of the molecule is CC(=O)N(c1nc(COC(=O)[C@H](C)N2C(=O)c3ccccc3C2=O)cs1)c1ccccc1F. The van der Waals surface area contributed by atoms with Crippen molar-refractivity contribution in [3.05, 3.63) is 76.5 Å². The molecule has 0 fully saturated rings. The van der Waals surface area contributed by atoms with E-state index in [0.717, 1.165) is 21.1 Å². The fourth-order valence-electron chi connectivity index (χ4n) is 3.44. The van der Waals surface area contributed by atoms with Gasteiger partial charge in [-0.3, -0.25) is 24.2 Å². The molecule has 0 spiro atoms. The van der Waals surface area contributed by atoms with Crippen LogP contribution in [-0.4, -0.2) is 39.6 Å². The smallest absolute Gasteiger partial charge is 0.329 e. The quantitative estimate of drug-likeness (QED) is 0.405. The monoisotopic (exact) mass is 467 g/mol. The molecular weight excluding hydrogens is 449 g/mol. The highest BCUT2D eigenvalue weighted by atomic mass is 32.1. The van der Waals surface area contributed by atoms with Crippen molar-refractivity contribution in [2.75, 3.05) is 4.90 Å². The molecule has 0 saturated heterocycles. The normalized spacial score (nSPS) is 13.6. The van der Waals surface area contributed by atoms with Crippen molar-refractivity contribution in [2.45, 2.75) is 26.5 Å². The van der Waals surface area contributed by atoms with Crippen molar-refractivity contribution >= 4 is 45.8 Å². The largest absolute Gasteiger partial charge is 0.458 e. The standard InChI is InChI=1S/C23H18FN3O5S/c1-13(26-20(29)16-7-3-4-8-17(16)21(26)30)22(31)32-11-15-12-33-23(25-15)27(14(2)28)19-10-6-5-9-18(19)24/h3-10,12-13H,11H2,1-2H3/t13-/m0/s1. The molecule has 8 nitrogen and oxygen atoms in total. The molecule has 0 radical (unpaired) electrons. The number of halogens is 1. The Morgan fingerprint density at radius 1 is 1.09 bits per heavy atom. The molecule has 0 bridgehead atoms. The van der Waals surface area contributed by atoms with Gasteiger partial charge in [-0.15, -0.1) is 11.3 Å². The van der Waals surface area contributed by atoms with Crippen LogP contribution in [0.4, 0.5) is 15.2 Å². The van der Waals surface area contributed by atoms with Crippen LogP contribution in [0.2, 0.25) is 0 Å². The van der Waals surface area contributed by atoms with E-state index < -0.39 is 35.5 Å². The number of hydrogen-bond acceptors (Lipinski definition) is 7. The summed E-state index contributed by atoms with van der Waals surface area (Å²) in [5, 5.41) is 1.79. The number of nitrogens with zero attached hydrogens (tertiary/aromatic N) is 3. The molecule has 2 aromatic carbocycles. The number of anilines is 2. The summed E-state index contributed by atoms with van der Waals surface area (Å²) in [4.78, 5) is 56.1. The first-order chi connectivity index (χ1) is 15.8. The molecule has 1 atom stereocenters. The van der Waals surface area contributed by atoms with Crippen LogP contribution < -0.4 is 4.90 Å². The van der Waals surface area contributed by atoms with E-state index in [2.05, 4.69) is 4.98 Å². The van der Waals surface area contributed by atoms with Gasteiger partial charge in [0.25, 0.3) is 11.8 Å². The van der Waals surface area contributed by atoms with Gasteiger partial charge >= 0.3 is 5.97 Å². The van der Waals surface area contributed by atoms with Gasteiger partial charge in [0.05, 0.1) is 22.5 Å². The molecule has 1 aliphatic rings. The zero-order valence-corrected chi connectivity index (χ0v) is 18.5. The lowest BCUT2D eigenvalue weighted by Crippen LogP contribution is -2.43. The highest BCUT2D eigenvalue weighted by Gasteiger charge is 2.41. The van der Waals surface area contributed by atoms with Crippen LogP contribution in [0.5, 0.6) is 0 Å². The Bertz CT molecular complexity index is 1240. The number of thiazole rings is 1. The van der Waals surface area contributed by atoms with Crippen LogP contribution in [0.3, 0.4) is 0 Å². The molecule has 1 aliphatic heterocycles. The molecule has 0 unspecified atom stereocenters. The molecule has 33 heavy (non-hydrogen) atoms. The Morgan fingerprint density at radius 3 is 2.30 bits per heavy atom. The van der Waals surface area contributed by atoms with Crippen LogP contribution in [-0.2, 0) is 20.9 Å². The number of esters is 1. The second-order valence-electron chi connectivity index (χ2n) is 7.24. The second-order valence-corrected chi connectivity index (χ2v) is 8.07. The number of carbonyl (C=O) groups excluding carboxylic acids is 4. The van der Waals surface area contributed by atoms with Crippen LogP contribution in [0.25, 0.3) is 0 Å². The van der Waals surface area contributed by atoms with Crippen molar-refractivity contribution in [1.29, 1.82) is 0 Å². The minimum Gasteiger partial charge on any atom is -0.458 e. The Morgan fingerprint density at radius 2 is 1.70 bits per heavy atom. The summed E-state index contributed by atoms with van der Waals surface area (Å²) in [7, 11) is 0. The number of carbonyl (C=O) groups is 4. The number of benzene rings is 2. The van der Waals surface area contributed by atoms with Crippen molar-refractivity contribution < 1.29 is 28.3 Å². The summed E-state index contributed by atoms with van der Waals surface area (Å²) >= 11 is 1.08. The summed E-state index contributed by atoms with van der Waals surface area (Å²) in [5.41, 5.74) is 0.871. The van der Waals surface area contributed by atoms with Gasteiger partial charge in [0.2, 0.25) is 5.91 Å². The maximum absolute atomic E-state index is 14.2. The van der Waals surface area contributed by atoms with E-state index in [0.29, 0.717) is 5.69 Å². The lowest BCUT2D eigenvalue weighted by atomic mass is 10.1. The average molecular weight is 467 g/mol. The predicted molar refractivity (Wildman–Crippen MR) is 118 cm³/mol. The van der Waals surface area contributed by atoms with E-state index in [1.54, 1.807) is 23.6 Å². The number of ether oxygens (including phenoxy) is 1. The van der Waals surface area contributed by atoms with Gasteiger partial charge < -0.3 is 4.74 Å². The first-order valence-corrected chi connectivity index (χ1v) is 10.8. The fraction of sp³-hybridized carbons (Fsp3) is 0.174. The fourth-order valence-corrected chi connectivity index (χ4v) is 4.30. The van der Waals surface area contributed by atoms with E-state index in [1.165, 1.54) is 44.2 Å². The predicted octanol–water partition coefficient (Wildman–Crippen LogP) is 3.69. The molecule has 3 amide bonds. The van der Waals surface area contributed by atoms with Crippen molar-refractivity contribution in [1.82, 2.24) is 9.88 Å². The molecule has 168 valence electrons. The highest BCUT2D eigenvalue weighted by molar-refractivity contribution is 7.14. The number of rotatable bonds is 6. The van der Waals surface area contributed by atoms with E-state index in [9.17, 15) is 23.6 Å². The number of para-hydroxylation sites is 1. The molecule has 4 rings (SSSR count). The Kier molecular flexibility index (Phi) is 6.01. The van der Waals surface area contributed by atoms with E-state index in [4.69, 9.17) is 4.74 Å². The minimum atomic E-state index is -1.14. The lowest BCUT2D eigenvalue weighted by Gasteiger charge is -2.20. The molecular formula is C23H18FN3O5S. The van der Waals surface area contributed by atoms with Gasteiger partial charge in [-0.2, -0.15) is 0 Å². The van der Waals surface area contributed by atoms with Crippen LogP contribution in [0.15, 0.2) is 53.9 Å². The average Bonchev–Trinajstić information content (AvgIpc) is 3.36. The molecule has 0 aliphatic carbocycles. The van der Waals surface area contributed by atoms with Crippen LogP contribution >= 0.6 is 11.3 Å². The summed E-state index contributed by atoms with van der Waals surface area (Å²) in [5.74, 6) is -2.91. The van der Waals surface area contributed by atoms with Gasteiger partial charge in [-0.25, -0.2) is 14.2 Å². The summed E-state index contributed by atoms with van der Waals surface area (Å²) in [6.45, 7) is 2.45. The number of hydrogen-bond donors (Lipinski definition) is 0. The number of aromatic nitrogens is 1. The van der Waals surface area contributed by atoms with Gasteiger partial charge in [0.1, 0.15) is 18.5 Å². The van der Waals surface area contributed by atoms with Crippen molar-refractivity contribution in [2.24, 2.45) is 0 Å². The van der Waals surface area contributed by atoms with Crippen molar-refractivity contribution in [3.8, 4) is 0 Å². The zero-order chi connectivity index (χ0) is 23.7. The zero-order valence-electron chi connectivity index (χ0n) is 17.6. The minimum absolute atomic E-state index is 0.0575. The molecule has 0 saturated carbocycles. The number of fused-ring (bicyclic) bond motifs is 1. The Labute approximate surface area is 192 Å². The van der Waals surface area contributed by atoms with E-state index in [-0.39, 0.29) is 28.6 Å². The van der Waals surface area contributed by atoms with Crippen LogP contribution in [0, 0.1) is 5.82 Å². The summed E-state index contributed by atoms with van der Waals surface area (Å²) < 4.78 is 19.5. The van der Waals surface area contributed by atoms with E-state index >= 15 is 0 Å². The molecule has 3 aromatic rings. The van der Waals surface area contributed by atoms with Crippen molar-refractivity contribution in [3.63, 3.8) is 0 Å². The molecule has 10 heteroatoms. The maximum Gasteiger partial charge on any atom is 0.329 e. The lowest BCUT2D eigenvalue weighted by molar-refractivity contribution is -0.149. The Balaban J connectivity index is 1.45. The molecule has 0 N–H and O–H groups in total. The summed E-state index contributed by atoms with van der Waals surface area (Å²) in [6, 6.07) is 11.0. The number of amides is 3. The summed E-state index contributed by atoms with van der Waals surface area (Å²) in [6.07, 6.45) is 0. The van der Waals surface area contributed by atoms with Crippen LogP contribution in [0.1, 0.15) is 40.3 Å². The van der Waals surface area contributed by atoms with Gasteiger partial charge in [0.15, 0.2) is 5.13 Å². The Hall–Kier alpha value is -3.92. The first-order valence-electron chi connectivity index (χ1n) is 9.92. The molecule has 2 heterocycles. The van der Waals surface area contributed by atoms with Gasteiger partial charge in [-0.1, -0.05) is 24.3 Å². The maximum atomic E-state index is 14.2. The third kappa shape index (κ3) is 4.12. The van der Waals surface area contributed by atoms with Gasteiger partial charge in [-0.05, 0) is 31.2 Å². The third-order valence-corrected chi connectivity index (χ3v) is 5.93. The second kappa shape index (κ2) is 8.91. The molecule has 1 aromatic heterocycles.